The van der Waals surface area contributed by atoms with Crippen LogP contribution in [0.25, 0.3) is 11.2 Å². The van der Waals surface area contributed by atoms with Crippen molar-refractivity contribution in [3.63, 3.8) is 0 Å². The van der Waals surface area contributed by atoms with Crippen molar-refractivity contribution in [2.75, 3.05) is 18.5 Å². The van der Waals surface area contributed by atoms with Gasteiger partial charge in [0.2, 0.25) is 0 Å². The number of aromatic nitrogens is 4. The molecular formula is C18H21N5O3. The second-order valence-corrected chi connectivity index (χ2v) is 6.23. The van der Waals surface area contributed by atoms with Crippen LogP contribution in [-0.2, 0) is 0 Å². The van der Waals surface area contributed by atoms with Gasteiger partial charge < -0.3 is 20.1 Å². The number of benzene rings is 1. The third-order valence-electron chi connectivity index (χ3n) is 4.22. The third kappa shape index (κ3) is 3.71. The van der Waals surface area contributed by atoms with E-state index in [0.717, 1.165) is 0 Å². The number of aliphatic hydroxyl groups excluding tert-OH is 2. The van der Waals surface area contributed by atoms with Crippen LogP contribution in [0.3, 0.4) is 0 Å². The van der Waals surface area contributed by atoms with Gasteiger partial charge in [-0.1, -0.05) is 25.1 Å². The van der Waals surface area contributed by atoms with Gasteiger partial charge in [-0.2, -0.15) is 0 Å². The fraction of sp³-hybridized carbons (Fsp3) is 0.333. The molecule has 0 aliphatic heterocycles. The Morgan fingerprint density at radius 3 is 2.62 bits per heavy atom. The lowest BCUT2D eigenvalue weighted by molar-refractivity contribution is 0.102. The molecule has 0 unspecified atom stereocenters. The van der Waals surface area contributed by atoms with E-state index < -0.39 is 0 Å². The van der Waals surface area contributed by atoms with E-state index in [1.165, 1.54) is 6.33 Å². The van der Waals surface area contributed by atoms with Crippen LogP contribution in [-0.4, -0.2) is 48.9 Å². The Kier molecular flexibility index (Phi) is 5.55. The highest BCUT2D eigenvalue weighted by Crippen LogP contribution is 2.24. The van der Waals surface area contributed by atoms with Gasteiger partial charge in [0.05, 0.1) is 19.0 Å². The number of nitrogens with zero attached hydrogens (tertiary/aromatic N) is 4. The first kappa shape index (κ1) is 18.0. The zero-order valence-corrected chi connectivity index (χ0v) is 14.4. The number of amides is 1. The largest absolute Gasteiger partial charge is 0.396 e. The number of carbonyl (C=O) groups is 1. The molecular weight excluding hydrogens is 334 g/mol. The monoisotopic (exact) mass is 355 g/mol. The maximum atomic E-state index is 12.4. The topological polar surface area (TPSA) is 113 Å². The molecule has 0 fully saturated rings. The lowest BCUT2D eigenvalue weighted by Crippen LogP contribution is -2.18. The van der Waals surface area contributed by atoms with Crippen LogP contribution >= 0.6 is 0 Å². The summed E-state index contributed by atoms with van der Waals surface area (Å²) in [5, 5.41) is 21.7. The molecule has 136 valence electrons. The number of hydrogen-bond acceptors (Lipinski definition) is 6. The van der Waals surface area contributed by atoms with Gasteiger partial charge in [-0.05, 0) is 24.5 Å². The molecule has 0 saturated carbocycles. The van der Waals surface area contributed by atoms with E-state index in [4.69, 9.17) is 0 Å². The van der Waals surface area contributed by atoms with Crippen molar-refractivity contribution in [1.82, 2.24) is 19.5 Å². The molecule has 1 amide bonds. The van der Waals surface area contributed by atoms with E-state index in [1.54, 1.807) is 35.2 Å². The number of carbonyl (C=O) groups excluding carboxylic acids is 1. The van der Waals surface area contributed by atoms with Crippen molar-refractivity contribution in [2.24, 2.45) is 5.92 Å². The SMILES string of the molecule is C[C@H](CO)C[C@H](CO)n1cnc2c(NC(=O)c3ccccc3)ncnc21. The third-order valence-corrected chi connectivity index (χ3v) is 4.22. The fourth-order valence-corrected chi connectivity index (χ4v) is 2.79. The lowest BCUT2D eigenvalue weighted by Gasteiger charge is -2.19. The van der Waals surface area contributed by atoms with Crippen molar-refractivity contribution in [2.45, 2.75) is 19.4 Å². The van der Waals surface area contributed by atoms with Crippen LogP contribution in [0.15, 0.2) is 43.0 Å². The summed E-state index contributed by atoms with van der Waals surface area (Å²) >= 11 is 0. The number of fused-ring (bicyclic) bond motifs is 1. The Morgan fingerprint density at radius 2 is 1.92 bits per heavy atom. The summed E-state index contributed by atoms with van der Waals surface area (Å²) in [6.45, 7) is 1.84. The van der Waals surface area contributed by atoms with E-state index in [9.17, 15) is 15.0 Å². The summed E-state index contributed by atoms with van der Waals surface area (Å²) in [4.78, 5) is 25.1. The maximum absolute atomic E-state index is 12.4. The minimum Gasteiger partial charge on any atom is -0.396 e. The molecule has 2 atom stereocenters. The Balaban J connectivity index is 1.90. The standard InChI is InChI=1S/C18H21N5O3/c1-12(8-24)7-14(9-25)23-11-21-15-16(19-10-20-17(15)23)22-18(26)13-5-3-2-4-6-13/h2-6,10-12,14,24-25H,7-9H2,1H3,(H,19,20,22,26)/t12-,14+/m0/s1. The minimum atomic E-state index is -0.284. The average Bonchev–Trinajstić information content (AvgIpc) is 3.11. The molecule has 0 aliphatic rings. The van der Waals surface area contributed by atoms with Gasteiger partial charge in [-0.3, -0.25) is 4.79 Å². The Morgan fingerprint density at radius 1 is 1.15 bits per heavy atom. The van der Waals surface area contributed by atoms with Gasteiger partial charge in [0.25, 0.3) is 5.91 Å². The van der Waals surface area contributed by atoms with Crippen molar-refractivity contribution in [3.8, 4) is 0 Å². The number of aliphatic hydroxyl groups is 2. The lowest BCUT2D eigenvalue weighted by atomic mass is 10.0. The molecule has 26 heavy (non-hydrogen) atoms. The molecule has 0 aliphatic carbocycles. The van der Waals surface area contributed by atoms with Gasteiger partial charge >= 0.3 is 0 Å². The Bertz CT molecular complexity index is 881. The molecule has 8 nitrogen and oxygen atoms in total. The van der Waals surface area contributed by atoms with Gasteiger partial charge in [0.1, 0.15) is 6.33 Å². The second-order valence-electron chi connectivity index (χ2n) is 6.23. The van der Waals surface area contributed by atoms with Crippen molar-refractivity contribution < 1.29 is 15.0 Å². The molecule has 8 heteroatoms. The first-order valence-corrected chi connectivity index (χ1v) is 8.39. The molecule has 3 rings (SSSR count). The van der Waals surface area contributed by atoms with Gasteiger partial charge in [-0.15, -0.1) is 0 Å². The minimum absolute atomic E-state index is 0.0312. The van der Waals surface area contributed by atoms with Crippen molar-refractivity contribution >= 4 is 22.9 Å². The molecule has 3 aromatic rings. The van der Waals surface area contributed by atoms with Gasteiger partial charge in [-0.25, -0.2) is 15.0 Å². The summed E-state index contributed by atoms with van der Waals surface area (Å²) < 4.78 is 1.75. The number of anilines is 1. The zero-order valence-electron chi connectivity index (χ0n) is 14.4. The summed E-state index contributed by atoms with van der Waals surface area (Å²) in [6, 6.07) is 8.56. The highest BCUT2D eigenvalue weighted by molar-refractivity contribution is 6.06. The summed E-state index contributed by atoms with van der Waals surface area (Å²) in [5.41, 5.74) is 1.49. The summed E-state index contributed by atoms with van der Waals surface area (Å²) in [7, 11) is 0. The predicted molar refractivity (Wildman–Crippen MR) is 96.7 cm³/mol. The molecule has 2 aromatic heterocycles. The molecule has 0 spiro atoms. The summed E-state index contributed by atoms with van der Waals surface area (Å²) in [5.74, 6) is 0.0611. The normalized spacial score (nSPS) is 13.5. The van der Waals surface area contributed by atoms with E-state index in [1.807, 2.05) is 13.0 Å². The fourth-order valence-electron chi connectivity index (χ4n) is 2.79. The van der Waals surface area contributed by atoms with E-state index >= 15 is 0 Å². The summed E-state index contributed by atoms with van der Waals surface area (Å²) in [6.07, 6.45) is 3.50. The number of nitrogens with one attached hydrogen (secondary N) is 1. The average molecular weight is 355 g/mol. The molecule has 2 heterocycles. The smallest absolute Gasteiger partial charge is 0.256 e. The Labute approximate surface area is 150 Å². The highest BCUT2D eigenvalue weighted by atomic mass is 16.3. The quantitative estimate of drug-likeness (QED) is 0.594. The van der Waals surface area contributed by atoms with Crippen LogP contribution in [0.5, 0.6) is 0 Å². The van der Waals surface area contributed by atoms with Gasteiger partial charge in [0, 0.05) is 12.2 Å². The first-order valence-electron chi connectivity index (χ1n) is 8.39. The van der Waals surface area contributed by atoms with Crippen LogP contribution in [0.1, 0.15) is 29.7 Å². The molecule has 0 radical (unpaired) electrons. The van der Waals surface area contributed by atoms with E-state index in [-0.39, 0.29) is 31.1 Å². The van der Waals surface area contributed by atoms with Crippen LogP contribution < -0.4 is 5.32 Å². The molecule has 0 saturated heterocycles. The zero-order chi connectivity index (χ0) is 18.5. The second kappa shape index (κ2) is 8.03. The van der Waals surface area contributed by atoms with Crippen molar-refractivity contribution in [1.29, 1.82) is 0 Å². The van der Waals surface area contributed by atoms with Crippen molar-refractivity contribution in [3.05, 3.63) is 48.5 Å². The number of hydrogen-bond donors (Lipinski definition) is 3. The van der Waals surface area contributed by atoms with Crippen LogP contribution in [0.2, 0.25) is 0 Å². The molecule has 3 N–H and O–H groups in total. The van der Waals surface area contributed by atoms with E-state index in [2.05, 4.69) is 20.3 Å². The molecule has 1 aromatic carbocycles. The van der Waals surface area contributed by atoms with Crippen LogP contribution in [0.4, 0.5) is 5.82 Å². The number of imidazole rings is 1. The van der Waals surface area contributed by atoms with Gasteiger partial charge in [0.15, 0.2) is 17.0 Å². The predicted octanol–water partition coefficient (Wildman–Crippen LogP) is 1.63. The van der Waals surface area contributed by atoms with E-state index in [0.29, 0.717) is 29.0 Å². The molecule has 0 bridgehead atoms. The first-order chi connectivity index (χ1) is 12.6. The highest BCUT2D eigenvalue weighted by Gasteiger charge is 2.19. The van der Waals surface area contributed by atoms with Crippen LogP contribution in [0, 0.1) is 5.92 Å². The maximum Gasteiger partial charge on any atom is 0.256 e. The number of rotatable bonds is 7. The Hall–Kier alpha value is -2.84.